The van der Waals surface area contributed by atoms with E-state index in [-0.39, 0.29) is 18.3 Å². The van der Waals surface area contributed by atoms with E-state index >= 15 is 0 Å². The van der Waals surface area contributed by atoms with E-state index in [0.717, 1.165) is 5.56 Å². The Morgan fingerprint density at radius 3 is 2.37 bits per heavy atom. The van der Waals surface area contributed by atoms with Gasteiger partial charge in [-0.1, -0.05) is 23.7 Å². The molecule has 0 bridgehead atoms. The molecule has 1 aromatic heterocycles. The summed E-state index contributed by atoms with van der Waals surface area (Å²) in [5, 5.41) is 0.313. The van der Waals surface area contributed by atoms with Gasteiger partial charge < -0.3 is 15.0 Å². The summed E-state index contributed by atoms with van der Waals surface area (Å²) in [4.78, 5) is 3.99. The molecule has 0 amide bonds. The summed E-state index contributed by atoms with van der Waals surface area (Å²) in [6.07, 6.45) is 3.52. The first-order valence-electron chi connectivity index (χ1n) is 6.16. The minimum atomic E-state index is -0.373. The van der Waals surface area contributed by atoms with Crippen molar-refractivity contribution in [3.05, 3.63) is 29.0 Å². The Hall–Kier alpha value is -1.04. The standard InChI is InChI=1S/C13H18BClN2O2/c1-12(2)13(3,4)19-14(18-12)6-5-9-7-10(16)11(15)17-8-9/h5-8H,16H2,1-4H3/b6-5+. The van der Waals surface area contributed by atoms with Gasteiger partial charge in [0.05, 0.1) is 16.9 Å². The van der Waals surface area contributed by atoms with E-state index in [9.17, 15) is 0 Å². The van der Waals surface area contributed by atoms with Crippen LogP contribution in [0.15, 0.2) is 18.2 Å². The Kier molecular flexibility index (Phi) is 3.64. The zero-order chi connectivity index (χ0) is 14.3. The SMILES string of the molecule is CC1(C)OB(/C=C/c2cnc(Cl)c(N)c2)OC1(C)C. The number of anilines is 1. The first-order chi connectivity index (χ1) is 8.71. The molecule has 1 aliphatic rings. The van der Waals surface area contributed by atoms with Gasteiger partial charge in [0.2, 0.25) is 0 Å². The lowest BCUT2D eigenvalue weighted by Gasteiger charge is -2.32. The monoisotopic (exact) mass is 280 g/mol. The predicted molar refractivity (Wildman–Crippen MR) is 78.8 cm³/mol. The van der Waals surface area contributed by atoms with Gasteiger partial charge in [-0.15, -0.1) is 0 Å². The van der Waals surface area contributed by atoms with Gasteiger partial charge in [0.25, 0.3) is 0 Å². The van der Waals surface area contributed by atoms with E-state index in [1.165, 1.54) is 0 Å². The summed E-state index contributed by atoms with van der Waals surface area (Å²) >= 11 is 5.77. The van der Waals surface area contributed by atoms with E-state index < -0.39 is 0 Å². The van der Waals surface area contributed by atoms with Crippen molar-refractivity contribution in [1.82, 2.24) is 4.98 Å². The Bertz CT molecular complexity index is 501. The molecule has 0 spiro atoms. The number of nitrogen functional groups attached to an aromatic ring is 1. The molecule has 1 aromatic rings. The predicted octanol–water partition coefficient (Wildman–Crippen LogP) is 2.96. The van der Waals surface area contributed by atoms with Crippen molar-refractivity contribution in [1.29, 1.82) is 0 Å². The lowest BCUT2D eigenvalue weighted by atomic mass is 9.89. The van der Waals surface area contributed by atoms with Crippen LogP contribution in [-0.2, 0) is 9.31 Å². The van der Waals surface area contributed by atoms with Gasteiger partial charge in [-0.2, -0.15) is 0 Å². The normalized spacial score (nSPS) is 21.2. The maximum absolute atomic E-state index is 5.85. The highest BCUT2D eigenvalue weighted by molar-refractivity contribution is 6.52. The molecule has 1 saturated heterocycles. The number of halogens is 1. The first kappa shape index (κ1) is 14.4. The average molecular weight is 281 g/mol. The number of aromatic nitrogens is 1. The Balaban J connectivity index is 2.10. The number of nitrogens with two attached hydrogens (primary N) is 1. The maximum Gasteiger partial charge on any atom is 0.487 e. The molecule has 0 unspecified atom stereocenters. The number of pyridine rings is 1. The molecular weight excluding hydrogens is 262 g/mol. The van der Waals surface area contributed by atoms with Crippen molar-refractivity contribution in [2.75, 3.05) is 5.73 Å². The molecule has 102 valence electrons. The first-order valence-corrected chi connectivity index (χ1v) is 6.54. The van der Waals surface area contributed by atoms with Gasteiger partial charge in [-0.3, -0.25) is 0 Å². The van der Waals surface area contributed by atoms with E-state index in [1.807, 2.05) is 39.7 Å². The van der Waals surface area contributed by atoms with Crippen LogP contribution in [0.25, 0.3) is 6.08 Å². The molecule has 2 N–H and O–H groups in total. The third-order valence-corrected chi connectivity index (χ3v) is 3.92. The van der Waals surface area contributed by atoms with Crippen LogP contribution in [0, 0.1) is 0 Å². The topological polar surface area (TPSA) is 57.4 Å². The second-order valence-electron chi connectivity index (χ2n) is 5.63. The van der Waals surface area contributed by atoms with Crippen LogP contribution in [0.2, 0.25) is 5.15 Å². The van der Waals surface area contributed by atoms with Crippen LogP contribution in [0.3, 0.4) is 0 Å². The average Bonchev–Trinajstić information content (AvgIpc) is 2.49. The van der Waals surface area contributed by atoms with Gasteiger partial charge in [-0.05, 0) is 39.3 Å². The van der Waals surface area contributed by atoms with E-state index in [2.05, 4.69) is 4.98 Å². The molecule has 2 heterocycles. The lowest BCUT2D eigenvalue weighted by molar-refractivity contribution is 0.00578. The van der Waals surface area contributed by atoms with E-state index in [0.29, 0.717) is 10.8 Å². The third-order valence-electron chi connectivity index (χ3n) is 3.60. The zero-order valence-corrected chi connectivity index (χ0v) is 12.4. The van der Waals surface area contributed by atoms with Crippen LogP contribution in [0.5, 0.6) is 0 Å². The highest BCUT2D eigenvalue weighted by Crippen LogP contribution is 2.37. The minimum Gasteiger partial charge on any atom is -0.400 e. The second-order valence-corrected chi connectivity index (χ2v) is 5.99. The van der Waals surface area contributed by atoms with Crippen LogP contribution >= 0.6 is 11.6 Å². The highest BCUT2D eigenvalue weighted by atomic mass is 35.5. The van der Waals surface area contributed by atoms with Crippen molar-refractivity contribution < 1.29 is 9.31 Å². The van der Waals surface area contributed by atoms with Crippen LogP contribution in [0.4, 0.5) is 5.69 Å². The smallest absolute Gasteiger partial charge is 0.400 e. The van der Waals surface area contributed by atoms with Gasteiger partial charge >= 0.3 is 7.12 Å². The molecule has 0 atom stereocenters. The molecule has 0 aromatic carbocycles. The fraction of sp³-hybridized carbons (Fsp3) is 0.462. The molecule has 0 radical (unpaired) electrons. The second kappa shape index (κ2) is 4.82. The Morgan fingerprint density at radius 1 is 1.26 bits per heavy atom. The molecular formula is C13H18BClN2O2. The lowest BCUT2D eigenvalue weighted by Crippen LogP contribution is -2.41. The molecule has 4 nitrogen and oxygen atoms in total. The fourth-order valence-electron chi connectivity index (χ4n) is 1.73. The summed E-state index contributed by atoms with van der Waals surface area (Å²) in [5.41, 5.74) is 6.35. The summed E-state index contributed by atoms with van der Waals surface area (Å²) in [6, 6.07) is 1.76. The van der Waals surface area contributed by atoms with E-state index in [4.69, 9.17) is 26.6 Å². The summed E-state index contributed by atoms with van der Waals surface area (Å²) in [6.45, 7) is 8.07. The summed E-state index contributed by atoms with van der Waals surface area (Å²) < 4.78 is 11.7. The molecule has 0 aliphatic carbocycles. The Labute approximate surface area is 119 Å². The molecule has 2 rings (SSSR count). The summed E-state index contributed by atoms with van der Waals surface area (Å²) in [7, 11) is -0.373. The van der Waals surface area contributed by atoms with Crippen molar-refractivity contribution in [3.8, 4) is 0 Å². The third kappa shape index (κ3) is 2.94. The number of rotatable bonds is 2. The number of hydrogen-bond donors (Lipinski definition) is 1. The Morgan fingerprint density at radius 2 is 1.84 bits per heavy atom. The molecule has 0 saturated carbocycles. The van der Waals surface area contributed by atoms with Crippen LogP contribution < -0.4 is 5.73 Å². The highest BCUT2D eigenvalue weighted by Gasteiger charge is 2.49. The van der Waals surface area contributed by atoms with Crippen LogP contribution in [-0.4, -0.2) is 23.3 Å². The maximum atomic E-state index is 5.85. The molecule has 1 fully saturated rings. The zero-order valence-electron chi connectivity index (χ0n) is 11.6. The van der Waals surface area contributed by atoms with Gasteiger partial charge in [0, 0.05) is 6.20 Å². The van der Waals surface area contributed by atoms with E-state index in [1.54, 1.807) is 12.3 Å². The van der Waals surface area contributed by atoms with Gasteiger partial charge in [0.1, 0.15) is 0 Å². The van der Waals surface area contributed by atoms with Gasteiger partial charge in [-0.25, -0.2) is 4.98 Å². The number of hydrogen-bond acceptors (Lipinski definition) is 4. The molecule has 19 heavy (non-hydrogen) atoms. The minimum absolute atomic E-state index is 0.313. The van der Waals surface area contributed by atoms with Gasteiger partial charge in [0.15, 0.2) is 5.15 Å². The van der Waals surface area contributed by atoms with Crippen molar-refractivity contribution in [2.24, 2.45) is 0 Å². The van der Waals surface area contributed by atoms with Crippen LogP contribution in [0.1, 0.15) is 33.3 Å². The van der Waals surface area contributed by atoms with Crippen molar-refractivity contribution >= 4 is 30.5 Å². The van der Waals surface area contributed by atoms with Crippen molar-refractivity contribution in [3.63, 3.8) is 0 Å². The fourth-order valence-corrected chi connectivity index (χ4v) is 1.83. The quantitative estimate of drug-likeness (QED) is 0.668. The van der Waals surface area contributed by atoms with Crippen molar-refractivity contribution in [2.45, 2.75) is 38.9 Å². The molecule has 1 aliphatic heterocycles. The summed E-state index contributed by atoms with van der Waals surface area (Å²) in [5.74, 6) is 1.85. The molecule has 6 heteroatoms. The number of nitrogens with zero attached hydrogens (tertiary/aromatic N) is 1. The largest absolute Gasteiger partial charge is 0.487 e.